The maximum absolute atomic E-state index is 13.1. The zero-order valence-electron chi connectivity index (χ0n) is 14.0. The lowest BCUT2D eigenvalue weighted by molar-refractivity contribution is -0.147. The second kappa shape index (κ2) is 6.90. The summed E-state index contributed by atoms with van der Waals surface area (Å²) >= 11 is 0. The molecule has 1 aliphatic rings. The van der Waals surface area contributed by atoms with E-state index in [0.717, 1.165) is 45.3 Å². The number of hydrogen-bond acceptors (Lipinski definition) is 3. The summed E-state index contributed by atoms with van der Waals surface area (Å²) in [5.41, 5.74) is 5.73. The first-order valence-corrected chi connectivity index (χ1v) is 8.03. The van der Waals surface area contributed by atoms with Gasteiger partial charge in [-0.25, -0.2) is 0 Å². The third kappa shape index (κ3) is 3.53. The van der Waals surface area contributed by atoms with Crippen LogP contribution in [-0.4, -0.2) is 54.5 Å². The summed E-state index contributed by atoms with van der Waals surface area (Å²) in [7, 11) is 2.14. The van der Waals surface area contributed by atoms with Crippen LogP contribution < -0.4 is 5.73 Å². The Morgan fingerprint density at radius 2 is 1.75 bits per heavy atom. The molecule has 2 N–H and O–H groups in total. The van der Waals surface area contributed by atoms with E-state index in [1.54, 1.807) is 0 Å². The van der Waals surface area contributed by atoms with E-state index in [2.05, 4.69) is 44.5 Å². The lowest BCUT2D eigenvalue weighted by Gasteiger charge is -2.48. The van der Waals surface area contributed by atoms with E-state index in [4.69, 9.17) is 5.73 Å². The lowest BCUT2D eigenvalue weighted by atomic mass is 9.77. The summed E-state index contributed by atoms with van der Waals surface area (Å²) in [4.78, 5) is 17.4. The first-order chi connectivity index (χ1) is 9.33. The number of hydrogen-bond donors (Lipinski definition) is 1. The molecular weight excluding hydrogens is 250 g/mol. The lowest BCUT2D eigenvalue weighted by Crippen LogP contribution is -2.61. The van der Waals surface area contributed by atoms with Gasteiger partial charge in [0.05, 0.1) is 5.41 Å². The zero-order chi connectivity index (χ0) is 15.4. The molecule has 0 aromatic rings. The van der Waals surface area contributed by atoms with Crippen molar-refractivity contribution in [2.24, 2.45) is 11.1 Å². The van der Waals surface area contributed by atoms with Gasteiger partial charge in [-0.15, -0.1) is 0 Å². The van der Waals surface area contributed by atoms with E-state index in [9.17, 15) is 4.79 Å². The smallest absolute Gasteiger partial charge is 0.230 e. The highest BCUT2D eigenvalue weighted by molar-refractivity contribution is 5.83. The number of amides is 1. The van der Waals surface area contributed by atoms with Crippen molar-refractivity contribution >= 4 is 5.91 Å². The molecule has 4 nitrogen and oxygen atoms in total. The summed E-state index contributed by atoms with van der Waals surface area (Å²) in [5.74, 6) is 0.282. The van der Waals surface area contributed by atoms with Gasteiger partial charge < -0.3 is 10.6 Å². The van der Waals surface area contributed by atoms with Gasteiger partial charge in [-0.3, -0.25) is 9.69 Å². The molecular formula is C16H33N3O. The van der Waals surface area contributed by atoms with Crippen LogP contribution >= 0.6 is 0 Å². The average Bonchev–Trinajstić information content (AvgIpc) is 2.40. The Morgan fingerprint density at radius 1 is 1.20 bits per heavy atom. The van der Waals surface area contributed by atoms with Crippen molar-refractivity contribution in [3.05, 3.63) is 0 Å². The van der Waals surface area contributed by atoms with E-state index in [0.29, 0.717) is 6.54 Å². The minimum absolute atomic E-state index is 0.0483. The molecule has 0 atom stereocenters. The highest BCUT2D eigenvalue weighted by Crippen LogP contribution is 2.33. The van der Waals surface area contributed by atoms with E-state index in [1.807, 2.05) is 0 Å². The van der Waals surface area contributed by atoms with Gasteiger partial charge in [-0.05, 0) is 33.7 Å². The highest BCUT2D eigenvalue weighted by Gasteiger charge is 2.42. The normalized spacial score (nSPS) is 20.2. The van der Waals surface area contributed by atoms with Crippen molar-refractivity contribution in [2.45, 2.75) is 58.9 Å². The Bertz CT molecular complexity index is 322. The Hall–Kier alpha value is -0.610. The maximum atomic E-state index is 13.1. The van der Waals surface area contributed by atoms with Gasteiger partial charge in [0.1, 0.15) is 0 Å². The summed E-state index contributed by atoms with van der Waals surface area (Å²) < 4.78 is 0. The number of likely N-dealkylation sites (N-methyl/N-ethyl adjacent to an activating group) is 1. The van der Waals surface area contributed by atoms with Gasteiger partial charge in [-0.1, -0.05) is 26.7 Å². The minimum Gasteiger partial charge on any atom is -0.339 e. The topological polar surface area (TPSA) is 49.6 Å². The van der Waals surface area contributed by atoms with Crippen LogP contribution in [0.15, 0.2) is 0 Å². The molecule has 20 heavy (non-hydrogen) atoms. The molecule has 0 aliphatic carbocycles. The van der Waals surface area contributed by atoms with E-state index in [1.165, 1.54) is 0 Å². The summed E-state index contributed by atoms with van der Waals surface area (Å²) in [6.07, 6.45) is 3.84. The van der Waals surface area contributed by atoms with Crippen LogP contribution in [0.5, 0.6) is 0 Å². The van der Waals surface area contributed by atoms with E-state index >= 15 is 0 Å². The molecule has 1 saturated heterocycles. The van der Waals surface area contributed by atoms with Crippen molar-refractivity contribution in [1.29, 1.82) is 0 Å². The van der Waals surface area contributed by atoms with E-state index in [-0.39, 0.29) is 16.9 Å². The van der Waals surface area contributed by atoms with Gasteiger partial charge in [0.25, 0.3) is 0 Å². The standard InChI is InChI=1S/C16H33N3O/c1-6-8-16(12-17,9-7-2)14(20)19-11-10-18(5)15(3,4)13-19/h6-13,17H2,1-5H3. The molecule has 1 fully saturated rings. The SMILES string of the molecule is CCCC(CN)(CCC)C(=O)N1CCN(C)C(C)(C)C1. The second-order valence-corrected chi connectivity index (χ2v) is 6.95. The maximum Gasteiger partial charge on any atom is 0.230 e. The van der Waals surface area contributed by atoms with Crippen LogP contribution in [0.3, 0.4) is 0 Å². The fourth-order valence-corrected chi connectivity index (χ4v) is 3.34. The number of carbonyl (C=O) groups excluding carboxylic acids is 1. The third-order valence-electron chi connectivity index (χ3n) is 4.91. The van der Waals surface area contributed by atoms with Gasteiger partial charge >= 0.3 is 0 Å². The van der Waals surface area contributed by atoms with Crippen LogP contribution in [0.4, 0.5) is 0 Å². The molecule has 1 rings (SSSR count). The predicted molar refractivity (Wildman–Crippen MR) is 84.6 cm³/mol. The first-order valence-electron chi connectivity index (χ1n) is 8.03. The molecule has 0 aromatic carbocycles. The van der Waals surface area contributed by atoms with Crippen molar-refractivity contribution in [3.8, 4) is 0 Å². The Kier molecular flexibility index (Phi) is 6.02. The van der Waals surface area contributed by atoms with Crippen molar-refractivity contribution in [2.75, 3.05) is 33.2 Å². The molecule has 0 radical (unpaired) electrons. The fraction of sp³-hybridized carbons (Fsp3) is 0.938. The van der Waals surface area contributed by atoms with Crippen molar-refractivity contribution in [3.63, 3.8) is 0 Å². The van der Waals surface area contributed by atoms with Crippen LogP contribution in [-0.2, 0) is 4.79 Å². The average molecular weight is 283 g/mol. The Morgan fingerprint density at radius 3 is 2.15 bits per heavy atom. The number of carbonyl (C=O) groups is 1. The van der Waals surface area contributed by atoms with Gasteiger partial charge in [-0.2, -0.15) is 0 Å². The first kappa shape index (κ1) is 17.4. The second-order valence-electron chi connectivity index (χ2n) is 6.95. The van der Waals surface area contributed by atoms with Gasteiger partial charge in [0, 0.05) is 31.7 Å². The number of nitrogens with two attached hydrogens (primary N) is 1. The molecule has 0 bridgehead atoms. The van der Waals surface area contributed by atoms with Crippen LogP contribution in [0.25, 0.3) is 0 Å². The highest BCUT2D eigenvalue weighted by atomic mass is 16.2. The van der Waals surface area contributed by atoms with Crippen LogP contribution in [0.2, 0.25) is 0 Å². The number of piperazine rings is 1. The molecule has 118 valence electrons. The number of rotatable bonds is 6. The van der Waals surface area contributed by atoms with Crippen LogP contribution in [0.1, 0.15) is 53.4 Å². The molecule has 1 amide bonds. The molecule has 1 heterocycles. The monoisotopic (exact) mass is 283 g/mol. The molecule has 0 unspecified atom stereocenters. The molecule has 0 saturated carbocycles. The molecule has 1 aliphatic heterocycles. The largest absolute Gasteiger partial charge is 0.339 e. The summed E-state index contributed by atoms with van der Waals surface area (Å²) in [6, 6.07) is 0. The number of nitrogens with zero attached hydrogens (tertiary/aromatic N) is 2. The van der Waals surface area contributed by atoms with E-state index < -0.39 is 0 Å². The Labute approximate surface area is 124 Å². The van der Waals surface area contributed by atoms with Gasteiger partial charge in [0.15, 0.2) is 0 Å². The zero-order valence-corrected chi connectivity index (χ0v) is 14.0. The minimum atomic E-state index is -0.338. The third-order valence-corrected chi connectivity index (χ3v) is 4.91. The van der Waals surface area contributed by atoms with Gasteiger partial charge in [0.2, 0.25) is 5.91 Å². The molecule has 0 spiro atoms. The molecule has 0 aromatic heterocycles. The van der Waals surface area contributed by atoms with Crippen molar-refractivity contribution in [1.82, 2.24) is 9.80 Å². The van der Waals surface area contributed by atoms with Crippen molar-refractivity contribution < 1.29 is 4.79 Å². The molecule has 4 heteroatoms. The van der Waals surface area contributed by atoms with Crippen LogP contribution in [0, 0.1) is 5.41 Å². The fourth-order valence-electron chi connectivity index (χ4n) is 3.34. The quantitative estimate of drug-likeness (QED) is 0.812. The summed E-state index contributed by atoms with van der Waals surface area (Å²) in [5, 5.41) is 0. The Balaban J connectivity index is 2.89. The predicted octanol–water partition coefficient (Wildman–Crippen LogP) is 2.08. The summed E-state index contributed by atoms with van der Waals surface area (Å²) in [6.45, 7) is 11.7.